The number of carbonyl (C=O) groups is 2. The first-order valence-corrected chi connectivity index (χ1v) is 8.44. The zero-order valence-electron chi connectivity index (χ0n) is 13.8. The predicted molar refractivity (Wildman–Crippen MR) is 83.6 cm³/mol. The number of rotatable bonds is 6. The minimum atomic E-state index is 0.0369. The Morgan fingerprint density at radius 2 is 1.43 bits per heavy atom. The van der Waals surface area contributed by atoms with E-state index in [-0.39, 0.29) is 29.7 Å². The minimum Gasteiger partial charge on any atom is -0.354 e. The van der Waals surface area contributed by atoms with Crippen LogP contribution in [0.25, 0.3) is 0 Å². The van der Waals surface area contributed by atoms with E-state index in [9.17, 15) is 9.59 Å². The third-order valence-corrected chi connectivity index (χ3v) is 5.12. The summed E-state index contributed by atoms with van der Waals surface area (Å²) in [5, 5.41) is 6.15. The Kier molecular flexibility index (Phi) is 5.28. The van der Waals surface area contributed by atoms with E-state index < -0.39 is 0 Å². The normalized spacial score (nSPS) is 32.8. The first-order chi connectivity index (χ1) is 9.86. The van der Waals surface area contributed by atoms with Gasteiger partial charge in [-0.2, -0.15) is 0 Å². The zero-order valence-corrected chi connectivity index (χ0v) is 13.8. The van der Waals surface area contributed by atoms with Crippen LogP contribution in [0, 0.1) is 29.6 Å². The van der Waals surface area contributed by atoms with Crippen molar-refractivity contribution in [3.8, 4) is 0 Å². The van der Waals surface area contributed by atoms with Gasteiger partial charge in [-0.15, -0.1) is 0 Å². The lowest BCUT2D eigenvalue weighted by atomic mass is 9.75. The molecule has 0 aromatic heterocycles. The minimum absolute atomic E-state index is 0.0369. The van der Waals surface area contributed by atoms with Crippen LogP contribution >= 0.6 is 0 Å². The van der Waals surface area contributed by atoms with Crippen molar-refractivity contribution >= 4 is 11.8 Å². The van der Waals surface area contributed by atoms with E-state index in [2.05, 4.69) is 38.3 Å². The van der Waals surface area contributed by atoms with Crippen molar-refractivity contribution in [3.63, 3.8) is 0 Å². The van der Waals surface area contributed by atoms with Gasteiger partial charge in [0.05, 0.1) is 0 Å². The summed E-state index contributed by atoms with van der Waals surface area (Å²) in [6.45, 7) is 9.09. The lowest BCUT2D eigenvalue weighted by molar-refractivity contribution is -0.131. The van der Waals surface area contributed by atoms with Gasteiger partial charge >= 0.3 is 0 Å². The van der Waals surface area contributed by atoms with Crippen LogP contribution in [0.2, 0.25) is 0 Å². The van der Waals surface area contributed by atoms with Crippen LogP contribution in [0.15, 0.2) is 0 Å². The third-order valence-electron chi connectivity index (χ3n) is 5.12. The highest BCUT2D eigenvalue weighted by atomic mass is 16.2. The van der Waals surface area contributed by atoms with Crippen LogP contribution in [0.5, 0.6) is 0 Å². The Bertz CT molecular complexity index is 382. The van der Waals surface area contributed by atoms with Crippen molar-refractivity contribution in [1.82, 2.24) is 10.6 Å². The van der Waals surface area contributed by atoms with Crippen molar-refractivity contribution in [2.75, 3.05) is 6.54 Å². The molecule has 2 amide bonds. The zero-order chi connectivity index (χ0) is 15.6. The fourth-order valence-electron chi connectivity index (χ4n) is 3.34. The quantitative estimate of drug-likeness (QED) is 0.790. The summed E-state index contributed by atoms with van der Waals surface area (Å²) in [5.74, 6) is 2.39. The van der Waals surface area contributed by atoms with Gasteiger partial charge < -0.3 is 10.6 Å². The van der Waals surface area contributed by atoms with Crippen LogP contribution < -0.4 is 10.6 Å². The van der Waals surface area contributed by atoms with E-state index in [1.54, 1.807) is 0 Å². The Balaban J connectivity index is 1.74. The molecule has 2 fully saturated rings. The van der Waals surface area contributed by atoms with Gasteiger partial charge in [0.1, 0.15) is 0 Å². The van der Waals surface area contributed by atoms with Gasteiger partial charge in [0.15, 0.2) is 0 Å². The lowest BCUT2D eigenvalue weighted by Crippen LogP contribution is -2.51. The molecule has 4 nitrogen and oxygen atoms in total. The topological polar surface area (TPSA) is 58.2 Å². The molecule has 21 heavy (non-hydrogen) atoms. The highest BCUT2D eigenvalue weighted by molar-refractivity contribution is 5.81. The van der Waals surface area contributed by atoms with Gasteiger partial charge in [-0.25, -0.2) is 0 Å². The smallest absolute Gasteiger partial charge is 0.223 e. The summed E-state index contributed by atoms with van der Waals surface area (Å²) >= 11 is 0. The summed E-state index contributed by atoms with van der Waals surface area (Å²) in [6, 6.07) is 0.0369. The maximum absolute atomic E-state index is 12.2. The van der Waals surface area contributed by atoms with E-state index in [0.717, 1.165) is 25.7 Å². The van der Waals surface area contributed by atoms with Crippen molar-refractivity contribution in [2.45, 2.75) is 59.4 Å². The molecule has 1 atom stereocenters. The molecule has 0 heterocycles. The molecule has 2 saturated carbocycles. The summed E-state index contributed by atoms with van der Waals surface area (Å²) in [4.78, 5) is 24.2. The molecule has 0 unspecified atom stereocenters. The molecule has 0 aromatic carbocycles. The molecule has 0 spiro atoms. The predicted octanol–water partition coefficient (Wildman–Crippen LogP) is 2.34. The lowest BCUT2D eigenvalue weighted by Gasteiger charge is -2.34. The molecule has 0 bridgehead atoms. The van der Waals surface area contributed by atoms with E-state index >= 15 is 0 Å². The largest absolute Gasteiger partial charge is 0.354 e. The molecule has 120 valence electrons. The molecule has 0 aromatic rings. The first kappa shape index (κ1) is 16.3. The van der Waals surface area contributed by atoms with Crippen LogP contribution in [-0.4, -0.2) is 24.4 Å². The first-order valence-electron chi connectivity index (χ1n) is 8.44. The molecular weight excluding hydrogens is 264 g/mol. The van der Waals surface area contributed by atoms with Crippen LogP contribution in [0.3, 0.4) is 0 Å². The average Bonchev–Trinajstić information content (AvgIpc) is 2.35. The number of nitrogens with one attached hydrogen (secondary N) is 2. The van der Waals surface area contributed by atoms with Crippen molar-refractivity contribution in [2.24, 2.45) is 29.6 Å². The Hall–Kier alpha value is -1.06. The van der Waals surface area contributed by atoms with Crippen molar-refractivity contribution < 1.29 is 9.59 Å². The Labute approximate surface area is 128 Å². The fourth-order valence-corrected chi connectivity index (χ4v) is 3.34. The second-order valence-corrected chi connectivity index (χ2v) is 7.65. The summed E-state index contributed by atoms with van der Waals surface area (Å²) in [6.07, 6.45) is 4.01. The number of amides is 2. The Morgan fingerprint density at radius 1 is 0.952 bits per heavy atom. The second kappa shape index (κ2) is 6.80. The summed E-state index contributed by atoms with van der Waals surface area (Å²) < 4.78 is 0. The molecule has 2 rings (SSSR count). The van der Waals surface area contributed by atoms with Gasteiger partial charge in [0.25, 0.3) is 0 Å². The highest BCUT2D eigenvalue weighted by Gasteiger charge is 2.34. The second-order valence-electron chi connectivity index (χ2n) is 7.65. The maximum Gasteiger partial charge on any atom is 0.223 e. The fraction of sp³-hybridized carbons (Fsp3) is 0.882. The molecule has 2 aliphatic carbocycles. The van der Waals surface area contributed by atoms with Gasteiger partial charge in [0, 0.05) is 24.4 Å². The molecule has 0 radical (unpaired) electrons. The number of hydrogen-bond acceptors (Lipinski definition) is 2. The molecule has 4 heteroatoms. The molecule has 0 saturated heterocycles. The monoisotopic (exact) mass is 294 g/mol. The van der Waals surface area contributed by atoms with Crippen LogP contribution in [-0.2, 0) is 9.59 Å². The van der Waals surface area contributed by atoms with Gasteiger partial charge in [-0.05, 0) is 43.4 Å². The molecular formula is C17H30N2O2. The average molecular weight is 294 g/mol. The van der Waals surface area contributed by atoms with Crippen molar-refractivity contribution in [1.29, 1.82) is 0 Å². The van der Waals surface area contributed by atoms with Crippen LogP contribution in [0.4, 0.5) is 0 Å². The highest BCUT2D eigenvalue weighted by Crippen LogP contribution is 2.34. The van der Waals surface area contributed by atoms with Gasteiger partial charge in [-0.3, -0.25) is 9.59 Å². The SMILES string of the molecule is CC1CC(C(=O)NC[C@H](NC(=O)C2CC(C)C2)C(C)C)C1. The number of carbonyl (C=O) groups excluding carboxylic acids is 2. The van der Waals surface area contributed by atoms with E-state index in [1.807, 2.05) is 0 Å². The van der Waals surface area contributed by atoms with Gasteiger partial charge in [0.2, 0.25) is 11.8 Å². The number of hydrogen-bond donors (Lipinski definition) is 2. The summed E-state index contributed by atoms with van der Waals surface area (Å²) in [5.41, 5.74) is 0. The Morgan fingerprint density at radius 3 is 1.86 bits per heavy atom. The van der Waals surface area contributed by atoms with Gasteiger partial charge in [-0.1, -0.05) is 27.7 Å². The maximum atomic E-state index is 12.2. The standard InChI is InChI=1S/C17H30N2O2/c1-10(2)15(19-17(21)14-7-12(4)8-14)9-18-16(20)13-5-11(3)6-13/h10-15H,5-9H2,1-4H3,(H,18,20)(H,19,21)/t11?,12?,13?,14?,15-/m0/s1. The van der Waals surface area contributed by atoms with Crippen LogP contribution in [0.1, 0.15) is 53.4 Å². The molecule has 2 aliphatic rings. The summed E-state index contributed by atoms with van der Waals surface area (Å²) in [7, 11) is 0. The third kappa shape index (κ3) is 4.21. The molecule has 2 N–H and O–H groups in total. The van der Waals surface area contributed by atoms with Crippen molar-refractivity contribution in [3.05, 3.63) is 0 Å². The van der Waals surface area contributed by atoms with E-state index in [4.69, 9.17) is 0 Å². The van der Waals surface area contributed by atoms with E-state index in [1.165, 1.54) is 0 Å². The van der Waals surface area contributed by atoms with E-state index in [0.29, 0.717) is 24.3 Å². The molecule has 0 aliphatic heterocycles.